The molecule has 0 aliphatic heterocycles. The molecule has 31 heavy (non-hydrogen) atoms. The number of esters is 1. The van der Waals surface area contributed by atoms with E-state index in [9.17, 15) is 19.6 Å². The highest BCUT2D eigenvalue weighted by atomic mass is 16.5. The van der Waals surface area contributed by atoms with Gasteiger partial charge in [-0.3, -0.25) is 10.1 Å². The lowest BCUT2D eigenvalue weighted by atomic mass is 9.96. The molecule has 0 saturated heterocycles. The summed E-state index contributed by atoms with van der Waals surface area (Å²) in [7, 11) is 0. The van der Waals surface area contributed by atoms with E-state index in [0.29, 0.717) is 6.04 Å². The Labute approximate surface area is 182 Å². The number of urea groups is 1. The van der Waals surface area contributed by atoms with Crippen molar-refractivity contribution in [1.29, 1.82) is 5.26 Å². The van der Waals surface area contributed by atoms with E-state index in [2.05, 4.69) is 15.2 Å². The van der Waals surface area contributed by atoms with E-state index < -0.39 is 24.0 Å². The smallest absolute Gasteiger partial charge is 0.349 e. The lowest BCUT2D eigenvalue weighted by molar-refractivity contribution is -0.150. The Kier molecular flexibility index (Phi) is 7.16. The number of rotatable bonds is 6. The molecule has 8 heteroatoms. The van der Waals surface area contributed by atoms with Gasteiger partial charge >= 0.3 is 12.0 Å². The number of nitriles is 1. The monoisotopic (exact) mass is 426 g/mol. The van der Waals surface area contributed by atoms with E-state index >= 15 is 0 Å². The van der Waals surface area contributed by atoms with Crippen LogP contribution < -0.4 is 10.6 Å². The largest absolute Gasteiger partial charge is 0.448 e. The lowest BCUT2D eigenvalue weighted by Gasteiger charge is -2.23. The molecule has 8 nitrogen and oxygen atoms in total. The fourth-order valence-corrected chi connectivity index (χ4v) is 4.10. The number of carbonyl (C=O) groups excluding carboxylic acids is 3. The van der Waals surface area contributed by atoms with Gasteiger partial charge in [-0.2, -0.15) is 5.26 Å². The van der Waals surface area contributed by atoms with Crippen LogP contribution in [-0.2, 0) is 14.3 Å². The Hall–Kier alpha value is -3.08. The van der Waals surface area contributed by atoms with Crippen LogP contribution in [0.15, 0.2) is 11.6 Å². The van der Waals surface area contributed by atoms with Gasteiger partial charge in [-0.05, 0) is 64.2 Å². The van der Waals surface area contributed by atoms with Gasteiger partial charge in [-0.15, -0.1) is 0 Å². The van der Waals surface area contributed by atoms with Crippen LogP contribution in [0.5, 0.6) is 0 Å². The summed E-state index contributed by atoms with van der Waals surface area (Å²) >= 11 is 0. The first-order valence-corrected chi connectivity index (χ1v) is 10.9. The summed E-state index contributed by atoms with van der Waals surface area (Å²) in [5.74, 6) is -1.63. The highest BCUT2D eigenvalue weighted by molar-refractivity contribution is 6.01. The molecule has 0 spiro atoms. The number of imide groups is 1. The van der Waals surface area contributed by atoms with Crippen LogP contribution in [0.1, 0.15) is 74.9 Å². The second-order valence-corrected chi connectivity index (χ2v) is 8.44. The van der Waals surface area contributed by atoms with Crippen LogP contribution in [0.4, 0.5) is 4.79 Å². The minimum Gasteiger partial charge on any atom is -0.448 e. The second kappa shape index (κ2) is 9.82. The van der Waals surface area contributed by atoms with Gasteiger partial charge in [0.25, 0.3) is 5.91 Å². The number of hydrogen-bond acceptors (Lipinski definition) is 5. The summed E-state index contributed by atoms with van der Waals surface area (Å²) in [4.78, 5) is 36.7. The minimum absolute atomic E-state index is 0.0576. The molecule has 3 rings (SSSR count). The third-order valence-electron chi connectivity index (χ3n) is 5.91. The fourth-order valence-electron chi connectivity index (χ4n) is 4.10. The number of ether oxygens (including phenoxy) is 1. The Balaban J connectivity index is 1.57. The van der Waals surface area contributed by atoms with Crippen molar-refractivity contribution in [2.24, 2.45) is 0 Å². The standard InChI is InChI=1S/C23H30N4O4/c1-14-11-17(15(2)27(14)20-9-10-20)12-18(13-24)22(29)31-16(3)21(28)26-23(30)25-19-7-5-4-6-8-19/h11-12,16,19-20H,4-10H2,1-3H3,(H2,25,26,28,30)/b18-12+/t16-/m1/s1. The van der Waals surface area contributed by atoms with E-state index in [1.54, 1.807) is 0 Å². The molecule has 3 amide bonds. The third-order valence-corrected chi connectivity index (χ3v) is 5.91. The Morgan fingerprint density at radius 3 is 2.48 bits per heavy atom. The summed E-state index contributed by atoms with van der Waals surface area (Å²) in [6, 6.07) is 3.74. The van der Waals surface area contributed by atoms with E-state index in [-0.39, 0.29) is 11.6 Å². The molecular weight excluding hydrogens is 396 g/mol. The summed E-state index contributed by atoms with van der Waals surface area (Å²) in [6.45, 7) is 5.32. The van der Waals surface area contributed by atoms with Crippen molar-refractivity contribution in [3.8, 4) is 6.07 Å². The number of carbonyl (C=O) groups is 3. The molecule has 2 saturated carbocycles. The van der Waals surface area contributed by atoms with Gasteiger partial charge < -0.3 is 14.6 Å². The quantitative estimate of drug-likeness (QED) is 0.411. The molecule has 1 aromatic rings. The van der Waals surface area contributed by atoms with Crippen molar-refractivity contribution in [2.75, 3.05) is 0 Å². The summed E-state index contributed by atoms with van der Waals surface area (Å²) in [5, 5.41) is 14.4. The molecule has 1 atom stereocenters. The maximum atomic E-state index is 12.4. The SMILES string of the molecule is Cc1cc(/C=C(\C#N)C(=O)O[C@H](C)C(=O)NC(=O)NC2CCCCC2)c(C)n1C1CC1. The van der Waals surface area contributed by atoms with Crippen LogP contribution in [0, 0.1) is 25.2 Å². The first-order valence-electron chi connectivity index (χ1n) is 10.9. The molecule has 0 unspecified atom stereocenters. The van der Waals surface area contributed by atoms with Gasteiger partial charge in [0.15, 0.2) is 6.10 Å². The van der Waals surface area contributed by atoms with Gasteiger partial charge in [0.05, 0.1) is 0 Å². The van der Waals surface area contributed by atoms with E-state index in [0.717, 1.165) is 61.9 Å². The first kappa shape index (κ1) is 22.6. The zero-order valence-corrected chi connectivity index (χ0v) is 18.4. The first-order chi connectivity index (χ1) is 14.8. The molecule has 1 heterocycles. The average molecular weight is 427 g/mol. The van der Waals surface area contributed by atoms with Crippen molar-refractivity contribution in [2.45, 2.75) is 83.9 Å². The topological polar surface area (TPSA) is 113 Å². The van der Waals surface area contributed by atoms with Crippen LogP contribution in [0.25, 0.3) is 6.08 Å². The maximum Gasteiger partial charge on any atom is 0.349 e. The van der Waals surface area contributed by atoms with Crippen molar-refractivity contribution in [1.82, 2.24) is 15.2 Å². The van der Waals surface area contributed by atoms with Gasteiger partial charge in [-0.1, -0.05) is 19.3 Å². The normalized spacial score (nSPS) is 18.1. The second-order valence-electron chi connectivity index (χ2n) is 8.44. The number of aromatic nitrogens is 1. The van der Waals surface area contributed by atoms with Gasteiger partial charge in [0.1, 0.15) is 11.6 Å². The Bertz CT molecular complexity index is 930. The average Bonchev–Trinajstić information content (AvgIpc) is 3.52. The van der Waals surface area contributed by atoms with Crippen molar-refractivity contribution in [3.05, 3.63) is 28.6 Å². The number of aryl methyl sites for hydroxylation is 1. The molecule has 166 valence electrons. The maximum absolute atomic E-state index is 12.4. The Morgan fingerprint density at radius 1 is 1.19 bits per heavy atom. The minimum atomic E-state index is -1.21. The van der Waals surface area contributed by atoms with Crippen molar-refractivity contribution in [3.63, 3.8) is 0 Å². The molecule has 0 bridgehead atoms. The molecule has 0 aromatic carbocycles. The summed E-state index contributed by atoms with van der Waals surface area (Å²) < 4.78 is 7.35. The third kappa shape index (κ3) is 5.75. The summed E-state index contributed by atoms with van der Waals surface area (Å²) in [6.07, 6.45) is 7.60. The predicted octanol–water partition coefficient (Wildman–Crippen LogP) is 3.44. The van der Waals surface area contributed by atoms with Crippen LogP contribution in [-0.4, -0.2) is 34.6 Å². The molecule has 0 radical (unpaired) electrons. The molecule has 2 aliphatic carbocycles. The van der Waals surface area contributed by atoms with Gasteiger partial charge in [0.2, 0.25) is 0 Å². The zero-order valence-electron chi connectivity index (χ0n) is 18.4. The molecule has 2 N–H and O–H groups in total. The van der Waals surface area contributed by atoms with Crippen LogP contribution in [0.2, 0.25) is 0 Å². The zero-order chi connectivity index (χ0) is 22.5. The fraction of sp³-hybridized carbons (Fsp3) is 0.565. The number of hydrogen-bond donors (Lipinski definition) is 2. The van der Waals surface area contributed by atoms with Crippen molar-refractivity contribution < 1.29 is 19.1 Å². The van der Waals surface area contributed by atoms with Gasteiger partial charge in [-0.25, -0.2) is 9.59 Å². The number of nitrogens with one attached hydrogen (secondary N) is 2. The summed E-state index contributed by atoms with van der Waals surface area (Å²) in [5.41, 5.74) is 2.66. The molecule has 2 fully saturated rings. The van der Waals surface area contributed by atoms with Crippen molar-refractivity contribution >= 4 is 24.0 Å². The highest BCUT2D eigenvalue weighted by Crippen LogP contribution is 2.38. The van der Waals surface area contributed by atoms with Crippen LogP contribution in [0.3, 0.4) is 0 Å². The molecular formula is C23H30N4O4. The van der Waals surface area contributed by atoms with Gasteiger partial charge in [0, 0.05) is 23.5 Å². The number of nitrogens with zero attached hydrogens (tertiary/aromatic N) is 2. The lowest BCUT2D eigenvalue weighted by Crippen LogP contribution is -2.48. The van der Waals surface area contributed by atoms with Crippen LogP contribution >= 0.6 is 0 Å². The van der Waals surface area contributed by atoms with E-state index in [1.807, 2.05) is 26.0 Å². The highest BCUT2D eigenvalue weighted by Gasteiger charge is 2.27. The Morgan fingerprint density at radius 2 is 1.87 bits per heavy atom. The predicted molar refractivity (Wildman–Crippen MR) is 115 cm³/mol. The van der Waals surface area contributed by atoms with E-state index in [4.69, 9.17) is 4.74 Å². The molecule has 1 aromatic heterocycles. The number of amides is 3. The molecule has 2 aliphatic rings. The van der Waals surface area contributed by atoms with E-state index in [1.165, 1.54) is 13.0 Å².